The van der Waals surface area contributed by atoms with Crippen molar-refractivity contribution in [1.29, 1.82) is 0 Å². The van der Waals surface area contributed by atoms with Gasteiger partial charge in [-0.05, 0) is 37.8 Å². The Hall–Kier alpha value is -0.510. The van der Waals surface area contributed by atoms with Gasteiger partial charge in [-0.3, -0.25) is 0 Å². The second-order valence-corrected chi connectivity index (χ2v) is 6.28. The smallest absolute Gasteiger partial charge is 0.0669 e. The van der Waals surface area contributed by atoms with E-state index in [1.807, 2.05) is 11.8 Å². The van der Waals surface area contributed by atoms with Gasteiger partial charge in [0.25, 0.3) is 0 Å². The molecule has 100 valence electrons. The second-order valence-electron chi connectivity index (χ2n) is 5.00. The third-order valence-electron chi connectivity index (χ3n) is 3.56. The number of rotatable bonds is 5. The van der Waals surface area contributed by atoms with Crippen molar-refractivity contribution in [3.63, 3.8) is 0 Å². The van der Waals surface area contributed by atoms with Gasteiger partial charge in [0.1, 0.15) is 0 Å². The van der Waals surface area contributed by atoms with Gasteiger partial charge >= 0.3 is 0 Å². The van der Waals surface area contributed by atoms with Crippen LogP contribution >= 0.6 is 11.8 Å². The van der Waals surface area contributed by atoms with Crippen LogP contribution in [0.15, 0.2) is 29.2 Å². The van der Waals surface area contributed by atoms with Crippen molar-refractivity contribution in [3.8, 4) is 0 Å². The molecule has 1 aliphatic heterocycles. The first-order valence-electron chi connectivity index (χ1n) is 6.82. The first-order chi connectivity index (χ1) is 8.70. The lowest BCUT2D eigenvalue weighted by Gasteiger charge is -2.17. The Kier molecular flexibility index (Phi) is 5.10. The Morgan fingerprint density at radius 3 is 2.89 bits per heavy atom. The molecule has 1 saturated heterocycles. The maximum absolute atomic E-state index is 6.08. The van der Waals surface area contributed by atoms with Crippen LogP contribution < -0.4 is 5.73 Å². The minimum atomic E-state index is 0.268. The van der Waals surface area contributed by atoms with Crippen molar-refractivity contribution in [2.45, 2.75) is 55.4 Å². The van der Waals surface area contributed by atoms with Gasteiger partial charge < -0.3 is 10.5 Å². The van der Waals surface area contributed by atoms with Crippen LogP contribution in [0, 0.1) is 0 Å². The summed E-state index contributed by atoms with van der Waals surface area (Å²) in [5.74, 6) is 0. The average molecular weight is 265 g/mol. The highest BCUT2D eigenvalue weighted by Gasteiger charge is 2.25. The summed E-state index contributed by atoms with van der Waals surface area (Å²) in [4.78, 5) is 1.38. The van der Waals surface area contributed by atoms with Crippen LogP contribution in [0.5, 0.6) is 0 Å². The molecule has 3 unspecified atom stereocenters. The monoisotopic (exact) mass is 265 g/mol. The van der Waals surface area contributed by atoms with Gasteiger partial charge in [0.15, 0.2) is 0 Å². The molecule has 0 aromatic heterocycles. The molecule has 1 heterocycles. The summed E-state index contributed by atoms with van der Waals surface area (Å²) in [7, 11) is 0. The molecule has 0 aliphatic carbocycles. The highest BCUT2D eigenvalue weighted by Crippen LogP contribution is 2.34. The molecule has 0 spiro atoms. The SMILES string of the molecule is CCC(N)Cc1ccccc1SC1CCOC1C. The van der Waals surface area contributed by atoms with E-state index in [2.05, 4.69) is 38.1 Å². The topological polar surface area (TPSA) is 35.2 Å². The molecular formula is C15H23NOS. The molecule has 1 fully saturated rings. The van der Waals surface area contributed by atoms with Crippen molar-refractivity contribution >= 4 is 11.8 Å². The largest absolute Gasteiger partial charge is 0.377 e. The fourth-order valence-corrected chi connectivity index (χ4v) is 3.51. The zero-order valence-electron chi connectivity index (χ0n) is 11.3. The van der Waals surface area contributed by atoms with Crippen LogP contribution in [0.3, 0.4) is 0 Å². The second kappa shape index (κ2) is 6.60. The van der Waals surface area contributed by atoms with Gasteiger partial charge in [-0.25, -0.2) is 0 Å². The Morgan fingerprint density at radius 1 is 1.44 bits per heavy atom. The van der Waals surface area contributed by atoms with Crippen molar-refractivity contribution < 1.29 is 4.74 Å². The number of nitrogens with two attached hydrogens (primary N) is 1. The molecule has 1 aliphatic rings. The molecule has 0 bridgehead atoms. The predicted octanol–water partition coefficient (Wildman–Crippen LogP) is 3.24. The lowest BCUT2D eigenvalue weighted by molar-refractivity contribution is 0.127. The molecule has 3 atom stereocenters. The average Bonchev–Trinajstić information content (AvgIpc) is 2.77. The van der Waals surface area contributed by atoms with Crippen LogP contribution in [0.25, 0.3) is 0 Å². The summed E-state index contributed by atoms with van der Waals surface area (Å²) in [5, 5.41) is 0.587. The standard InChI is InChI=1S/C15H23NOS/c1-3-13(16)10-12-6-4-5-7-15(12)18-14-8-9-17-11(14)2/h4-7,11,13-14H,3,8-10,16H2,1-2H3. The van der Waals surface area contributed by atoms with Crippen LogP contribution in [-0.2, 0) is 11.2 Å². The minimum absolute atomic E-state index is 0.268. The Morgan fingerprint density at radius 2 is 2.22 bits per heavy atom. The molecule has 1 aromatic rings. The van der Waals surface area contributed by atoms with Gasteiger partial charge in [0, 0.05) is 22.8 Å². The van der Waals surface area contributed by atoms with Crippen molar-refractivity contribution in [1.82, 2.24) is 0 Å². The zero-order chi connectivity index (χ0) is 13.0. The highest BCUT2D eigenvalue weighted by atomic mass is 32.2. The van der Waals surface area contributed by atoms with E-state index in [1.165, 1.54) is 10.5 Å². The van der Waals surface area contributed by atoms with E-state index >= 15 is 0 Å². The Bertz CT molecular complexity index is 383. The van der Waals surface area contributed by atoms with Crippen molar-refractivity contribution in [2.75, 3.05) is 6.61 Å². The number of benzene rings is 1. The summed E-state index contributed by atoms with van der Waals surface area (Å²) < 4.78 is 5.63. The quantitative estimate of drug-likeness (QED) is 0.887. The molecule has 1 aromatic carbocycles. The van der Waals surface area contributed by atoms with Gasteiger partial charge in [0.05, 0.1) is 6.10 Å². The number of thioether (sulfide) groups is 1. The Labute approximate surface area is 114 Å². The lowest BCUT2D eigenvalue weighted by Crippen LogP contribution is -2.22. The molecular weight excluding hydrogens is 242 g/mol. The summed E-state index contributed by atoms with van der Waals surface area (Å²) in [6.07, 6.45) is 3.52. The summed E-state index contributed by atoms with van der Waals surface area (Å²) in [5.41, 5.74) is 7.46. The third kappa shape index (κ3) is 3.50. The Balaban J connectivity index is 2.07. The molecule has 0 amide bonds. The normalized spacial score (nSPS) is 25.3. The summed E-state index contributed by atoms with van der Waals surface area (Å²) >= 11 is 1.96. The van der Waals surface area contributed by atoms with Gasteiger partial charge in [-0.15, -0.1) is 11.8 Å². The van der Waals surface area contributed by atoms with E-state index < -0.39 is 0 Å². The molecule has 0 saturated carbocycles. The fourth-order valence-electron chi connectivity index (χ4n) is 2.24. The maximum atomic E-state index is 6.08. The van der Waals surface area contributed by atoms with E-state index in [1.54, 1.807) is 0 Å². The van der Waals surface area contributed by atoms with Crippen LogP contribution in [0.4, 0.5) is 0 Å². The lowest BCUT2D eigenvalue weighted by atomic mass is 10.1. The zero-order valence-corrected chi connectivity index (χ0v) is 12.1. The highest BCUT2D eigenvalue weighted by molar-refractivity contribution is 8.00. The molecule has 0 radical (unpaired) electrons. The van der Waals surface area contributed by atoms with E-state index in [-0.39, 0.29) is 6.04 Å². The van der Waals surface area contributed by atoms with E-state index in [9.17, 15) is 0 Å². The molecule has 2 nitrogen and oxygen atoms in total. The third-order valence-corrected chi connectivity index (χ3v) is 5.14. The van der Waals surface area contributed by atoms with E-state index in [0.717, 1.165) is 25.9 Å². The van der Waals surface area contributed by atoms with Crippen molar-refractivity contribution in [2.24, 2.45) is 5.73 Å². The maximum Gasteiger partial charge on any atom is 0.0669 e. The minimum Gasteiger partial charge on any atom is -0.377 e. The number of ether oxygens (including phenoxy) is 1. The van der Waals surface area contributed by atoms with Crippen LogP contribution in [0.1, 0.15) is 32.3 Å². The van der Waals surface area contributed by atoms with E-state index in [4.69, 9.17) is 10.5 Å². The van der Waals surface area contributed by atoms with Crippen LogP contribution in [-0.4, -0.2) is 24.0 Å². The predicted molar refractivity (Wildman–Crippen MR) is 78.1 cm³/mol. The fraction of sp³-hybridized carbons (Fsp3) is 0.600. The van der Waals surface area contributed by atoms with Gasteiger partial charge in [-0.1, -0.05) is 25.1 Å². The molecule has 3 heteroatoms. The summed E-state index contributed by atoms with van der Waals surface area (Å²) in [6.45, 7) is 5.22. The van der Waals surface area contributed by atoms with Crippen molar-refractivity contribution in [3.05, 3.63) is 29.8 Å². The first kappa shape index (κ1) is 13.9. The number of hydrogen-bond acceptors (Lipinski definition) is 3. The summed E-state index contributed by atoms with van der Waals surface area (Å²) in [6, 6.07) is 8.91. The van der Waals surface area contributed by atoms with E-state index in [0.29, 0.717) is 11.4 Å². The number of hydrogen-bond donors (Lipinski definition) is 1. The van der Waals surface area contributed by atoms with Gasteiger partial charge in [-0.2, -0.15) is 0 Å². The first-order valence-corrected chi connectivity index (χ1v) is 7.70. The van der Waals surface area contributed by atoms with Crippen LogP contribution in [0.2, 0.25) is 0 Å². The molecule has 2 N–H and O–H groups in total. The van der Waals surface area contributed by atoms with Gasteiger partial charge in [0.2, 0.25) is 0 Å². The molecule has 2 rings (SSSR count). The molecule has 18 heavy (non-hydrogen) atoms.